The normalized spacial score (nSPS) is 11.1. The van der Waals surface area contributed by atoms with E-state index in [4.69, 9.17) is 10.5 Å². The highest BCUT2D eigenvalue weighted by molar-refractivity contribution is 6.08. The van der Waals surface area contributed by atoms with Gasteiger partial charge in [0.25, 0.3) is 0 Å². The smallest absolute Gasteiger partial charge is 0.150 e. The molecule has 0 unspecified atom stereocenters. The van der Waals surface area contributed by atoms with E-state index in [0.717, 1.165) is 44.8 Å². The maximum atomic E-state index is 5.94. The van der Waals surface area contributed by atoms with Crippen molar-refractivity contribution in [2.45, 2.75) is 20.0 Å². The Kier molecular flexibility index (Phi) is 5.97. The van der Waals surface area contributed by atoms with Gasteiger partial charge in [0.15, 0.2) is 5.82 Å². The molecule has 4 heterocycles. The zero-order valence-corrected chi connectivity index (χ0v) is 19.2. The van der Waals surface area contributed by atoms with E-state index in [-0.39, 0.29) is 0 Å². The predicted octanol–water partition coefficient (Wildman–Crippen LogP) is 5.86. The number of aryl methyl sites for hydroxylation is 1. The number of methoxy groups -OCH3 is 1. The Morgan fingerprint density at radius 1 is 0.735 bits per heavy atom. The molecule has 6 nitrogen and oxygen atoms in total. The van der Waals surface area contributed by atoms with Crippen molar-refractivity contribution in [1.29, 1.82) is 0 Å². The van der Waals surface area contributed by atoms with Crippen LogP contribution in [0.15, 0.2) is 79.3 Å². The fraction of sp³-hybridized carbons (Fsp3) is 0.143. The molecule has 0 aliphatic heterocycles. The topological polar surface area (TPSA) is 86.8 Å². The van der Waals surface area contributed by atoms with Gasteiger partial charge in [-0.3, -0.25) is 15.0 Å². The summed E-state index contributed by atoms with van der Waals surface area (Å²) in [6, 6.07) is 20.5. The number of nitrogens with zero attached hydrogens (tertiary/aromatic N) is 4. The zero-order chi connectivity index (χ0) is 23.5. The van der Waals surface area contributed by atoms with Crippen molar-refractivity contribution in [1.82, 2.24) is 19.9 Å². The Balaban J connectivity index is 0.000000142. The molecule has 2 aromatic carbocycles. The van der Waals surface area contributed by atoms with E-state index < -0.39 is 0 Å². The first-order chi connectivity index (χ1) is 16.7. The van der Waals surface area contributed by atoms with E-state index in [1.807, 2.05) is 42.6 Å². The molecular formula is C28H25N5O. The highest BCUT2D eigenvalue weighted by Gasteiger charge is 2.07. The van der Waals surface area contributed by atoms with Gasteiger partial charge in [-0.2, -0.15) is 0 Å². The van der Waals surface area contributed by atoms with Crippen LogP contribution in [-0.4, -0.2) is 27.0 Å². The van der Waals surface area contributed by atoms with Gasteiger partial charge in [0.1, 0.15) is 5.52 Å². The van der Waals surface area contributed by atoms with Gasteiger partial charge < -0.3 is 10.5 Å². The van der Waals surface area contributed by atoms with E-state index >= 15 is 0 Å². The lowest BCUT2D eigenvalue weighted by Gasteiger charge is -2.07. The molecule has 0 saturated heterocycles. The SMILES string of the molecule is CCc1ccc2c(c1)ncc1ncccc12.COCc1ccc2c(c1)nc(N)c1ncccc12. The van der Waals surface area contributed by atoms with Crippen molar-refractivity contribution in [3.05, 3.63) is 90.4 Å². The monoisotopic (exact) mass is 447 g/mol. The van der Waals surface area contributed by atoms with Crippen molar-refractivity contribution < 1.29 is 4.74 Å². The molecule has 4 aromatic heterocycles. The van der Waals surface area contributed by atoms with Crippen LogP contribution >= 0.6 is 0 Å². The molecule has 0 bridgehead atoms. The highest BCUT2D eigenvalue weighted by atomic mass is 16.5. The number of benzene rings is 2. The Labute approximate surface area is 197 Å². The molecule has 0 radical (unpaired) electrons. The highest BCUT2D eigenvalue weighted by Crippen LogP contribution is 2.27. The molecule has 0 atom stereocenters. The third-order valence-electron chi connectivity index (χ3n) is 5.88. The number of aromatic nitrogens is 4. The minimum atomic E-state index is 0.465. The summed E-state index contributed by atoms with van der Waals surface area (Å²) in [5, 5.41) is 4.45. The average Bonchev–Trinajstić information content (AvgIpc) is 2.89. The first-order valence-electron chi connectivity index (χ1n) is 11.2. The number of fused-ring (bicyclic) bond motifs is 6. The molecule has 0 aliphatic carbocycles. The first kappa shape index (κ1) is 21.7. The summed E-state index contributed by atoms with van der Waals surface area (Å²) in [6.45, 7) is 2.73. The molecule has 0 aliphatic rings. The average molecular weight is 448 g/mol. The first-order valence-corrected chi connectivity index (χ1v) is 11.2. The quantitative estimate of drug-likeness (QED) is 0.342. The number of pyridine rings is 4. The van der Waals surface area contributed by atoms with Crippen LogP contribution in [0.3, 0.4) is 0 Å². The van der Waals surface area contributed by atoms with Crippen molar-refractivity contribution in [3.8, 4) is 0 Å². The Bertz CT molecular complexity index is 1630. The third-order valence-corrected chi connectivity index (χ3v) is 5.88. The maximum Gasteiger partial charge on any atom is 0.150 e. The zero-order valence-electron chi connectivity index (χ0n) is 19.2. The van der Waals surface area contributed by atoms with Crippen LogP contribution in [0.1, 0.15) is 18.1 Å². The Hall–Kier alpha value is -4.16. The number of hydrogen-bond donors (Lipinski definition) is 1. The molecule has 0 fully saturated rings. The van der Waals surface area contributed by atoms with E-state index in [2.05, 4.69) is 51.1 Å². The van der Waals surface area contributed by atoms with Crippen LogP contribution in [0, 0.1) is 0 Å². The number of anilines is 1. The van der Waals surface area contributed by atoms with Crippen molar-refractivity contribution in [2.24, 2.45) is 0 Å². The second-order valence-corrected chi connectivity index (χ2v) is 8.08. The number of ether oxygens (including phenoxy) is 1. The summed E-state index contributed by atoms with van der Waals surface area (Å²) in [4.78, 5) is 17.5. The standard InChI is InChI=1S/C14H13N3O.C14H12N2/c1-18-8-9-4-5-10-11-3-2-6-16-13(11)14(15)17-12(10)7-9;1-2-10-5-6-12-11-4-3-7-15-14(11)9-16-13(12)8-10/h2-7H,8H2,1H3,(H2,15,17);3-9H,2H2,1H3. The van der Waals surface area contributed by atoms with Gasteiger partial charge in [0.05, 0.1) is 29.4 Å². The molecule has 168 valence electrons. The minimum absolute atomic E-state index is 0.465. The van der Waals surface area contributed by atoms with Gasteiger partial charge in [0.2, 0.25) is 0 Å². The van der Waals surface area contributed by atoms with Crippen LogP contribution in [0.2, 0.25) is 0 Å². The van der Waals surface area contributed by atoms with Crippen LogP contribution < -0.4 is 5.73 Å². The van der Waals surface area contributed by atoms with Crippen molar-refractivity contribution in [3.63, 3.8) is 0 Å². The van der Waals surface area contributed by atoms with Crippen LogP contribution in [0.5, 0.6) is 0 Å². The summed E-state index contributed by atoms with van der Waals surface area (Å²) in [6.07, 6.45) is 6.42. The van der Waals surface area contributed by atoms with Gasteiger partial charge in [-0.25, -0.2) is 4.98 Å². The van der Waals surface area contributed by atoms with Gasteiger partial charge in [-0.15, -0.1) is 0 Å². The lowest BCUT2D eigenvalue weighted by atomic mass is 10.1. The van der Waals surface area contributed by atoms with Gasteiger partial charge in [0, 0.05) is 41.0 Å². The molecule has 0 saturated carbocycles. The second kappa shape index (κ2) is 9.37. The van der Waals surface area contributed by atoms with Gasteiger partial charge in [-0.05, 0) is 41.8 Å². The molecule has 34 heavy (non-hydrogen) atoms. The predicted molar refractivity (Wildman–Crippen MR) is 139 cm³/mol. The van der Waals surface area contributed by atoms with E-state index in [0.29, 0.717) is 12.4 Å². The number of hydrogen-bond acceptors (Lipinski definition) is 6. The summed E-state index contributed by atoms with van der Waals surface area (Å²) >= 11 is 0. The fourth-order valence-electron chi connectivity index (χ4n) is 4.17. The Morgan fingerprint density at radius 2 is 1.41 bits per heavy atom. The number of nitrogens with two attached hydrogens (primary N) is 1. The number of nitrogen functional groups attached to an aromatic ring is 1. The molecule has 0 spiro atoms. The van der Waals surface area contributed by atoms with E-state index in [1.54, 1.807) is 19.5 Å². The van der Waals surface area contributed by atoms with E-state index in [1.165, 1.54) is 16.3 Å². The van der Waals surface area contributed by atoms with Gasteiger partial charge >= 0.3 is 0 Å². The van der Waals surface area contributed by atoms with Crippen molar-refractivity contribution in [2.75, 3.05) is 12.8 Å². The maximum absolute atomic E-state index is 5.94. The fourth-order valence-corrected chi connectivity index (χ4v) is 4.17. The number of rotatable bonds is 3. The molecule has 6 rings (SSSR count). The summed E-state index contributed by atoms with van der Waals surface area (Å²) in [5.74, 6) is 0.465. The largest absolute Gasteiger partial charge is 0.382 e. The van der Waals surface area contributed by atoms with E-state index in [9.17, 15) is 0 Å². The molecule has 6 heteroatoms. The molecule has 6 aromatic rings. The summed E-state index contributed by atoms with van der Waals surface area (Å²) < 4.78 is 5.12. The lowest BCUT2D eigenvalue weighted by molar-refractivity contribution is 0.185. The lowest BCUT2D eigenvalue weighted by Crippen LogP contribution is -1.96. The second-order valence-electron chi connectivity index (χ2n) is 8.08. The van der Waals surface area contributed by atoms with Crippen LogP contribution in [0.25, 0.3) is 43.6 Å². The summed E-state index contributed by atoms with van der Waals surface area (Å²) in [7, 11) is 1.68. The molecular weight excluding hydrogens is 422 g/mol. The molecule has 2 N–H and O–H groups in total. The minimum Gasteiger partial charge on any atom is -0.382 e. The van der Waals surface area contributed by atoms with Crippen LogP contribution in [0.4, 0.5) is 5.82 Å². The van der Waals surface area contributed by atoms with Crippen molar-refractivity contribution >= 4 is 49.4 Å². The summed E-state index contributed by atoms with van der Waals surface area (Å²) in [5.41, 5.74) is 12.0. The van der Waals surface area contributed by atoms with Gasteiger partial charge in [-0.1, -0.05) is 43.3 Å². The third kappa shape index (κ3) is 4.11. The Morgan fingerprint density at radius 3 is 2.21 bits per heavy atom. The molecule has 0 amide bonds. The van der Waals surface area contributed by atoms with Crippen LogP contribution in [-0.2, 0) is 17.8 Å².